The van der Waals surface area contributed by atoms with Gasteiger partial charge in [0.05, 0.1) is 0 Å². The highest BCUT2D eigenvalue weighted by Crippen LogP contribution is 2.20. The van der Waals surface area contributed by atoms with Gasteiger partial charge >= 0.3 is 0 Å². The topological polar surface area (TPSA) is 3.24 Å². The molecule has 1 rings (SSSR count). The van der Waals surface area contributed by atoms with Crippen molar-refractivity contribution in [2.75, 3.05) is 13.1 Å². The van der Waals surface area contributed by atoms with Crippen molar-refractivity contribution >= 4 is 0 Å². The van der Waals surface area contributed by atoms with Crippen molar-refractivity contribution in [3.8, 4) is 0 Å². The van der Waals surface area contributed by atoms with Gasteiger partial charge in [-0.1, -0.05) is 25.3 Å². The first-order valence-corrected chi connectivity index (χ1v) is 4.06. The van der Waals surface area contributed by atoms with Gasteiger partial charge in [-0.2, -0.15) is 0 Å². The summed E-state index contributed by atoms with van der Waals surface area (Å²) in [6, 6.07) is 0. The highest BCUT2D eigenvalue weighted by molar-refractivity contribution is 5.37. The van der Waals surface area contributed by atoms with Gasteiger partial charge in [0.2, 0.25) is 0 Å². The smallest absolute Gasteiger partial charge is 0.0393 e. The number of hydrogen-bond donors (Lipinski definition) is 0. The zero-order valence-electron chi connectivity index (χ0n) is 7.14. The molecule has 0 aliphatic carbocycles. The lowest BCUT2D eigenvalue weighted by molar-refractivity contribution is 0.405. The summed E-state index contributed by atoms with van der Waals surface area (Å²) in [6.07, 6.45) is 5.20. The van der Waals surface area contributed by atoms with Crippen LogP contribution < -0.4 is 0 Å². The predicted octanol–water partition coefficient (Wildman–Crippen LogP) is 2.34. The maximum atomic E-state index is 3.93. The summed E-state index contributed by atoms with van der Waals surface area (Å²) in [5.41, 5.74) is 2.31. The second kappa shape index (κ2) is 3.42. The number of allylic oxidation sites excluding steroid dienone is 1. The van der Waals surface area contributed by atoms with Crippen molar-refractivity contribution in [2.45, 2.75) is 13.3 Å². The minimum atomic E-state index is 1.05. The van der Waals surface area contributed by atoms with E-state index in [0.29, 0.717) is 0 Å². The minimum absolute atomic E-state index is 1.05. The van der Waals surface area contributed by atoms with Crippen molar-refractivity contribution in [3.05, 3.63) is 36.6 Å². The molecule has 0 aromatic carbocycles. The van der Waals surface area contributed by atoms with Crippen LogP contribution in [0, 0.1) is 0 Å². The number of nitrogens with zero attached hydrogens (tertiary/aromatic N) is 1. The van der Waals surface area contributed by atoms with Crippen LogP contribution in [0.2, 0.25) is 0 Å². The molecule has 0 fully saturated rings. The molecule has 60 valence electrons. The summed E-state index contributed by atoms with van der Waals surface area (Å²) in [6.45, 7) is 12.0. The molecule has 0 N–H and O–H groups in total. The molecule has 0 aromatic rings. The second-order valence-electron chi connectivity index (χ2n) is 2.69. The van der Waals surface area contributed by atoms with Crippen molar-refractivity contribution in [2.24, 2.45) is 0 Å². The largest absolute Gasteiger partial charge is 0.371 e. The molecule has 0 saturated carbocycles. The van der Waals surface area contributed by atoms with Crippen molar-refractivity contribution in [3.63, 3.8) is 0 Å². The van der Waals surface area contributed by atoms with Crippen LogP contribution in [-0.4, -0.2) is 18.0 Å². The van der Waals surface area contributed by atoms with Gasteiger partial charge in [0, 0.05) is 18.8 Å². The summed E-state index contributed by atoms with van der Waals surface area (Å²) in [7, 11) is 0. The Morgan fingerprint density at radius 1 is 1.82 bits per heavy atom. The molecule has 0 spiro atoms. The van der Waals surface area contributed by atoms with Gasteiger partial charge in [0.25, 0.3) is 0 Å². The summed E-state index contributed by atoms with van der Waals surface area (Å²) in [5.74, 6) is 0. The number of rotatable bonds is 3. The normalized spacial score (nSPS) is 16.5. The SMILES string of the molecule is C=CC(=C)C1=CCCN1CC. The van der Waals surface area contributed by atoms with E-state index in [2.05, 4.69) is 31.1 Å². The van der Waals surface area contributed by atoms with E-state index in [0.717, 1.165) is 25.1 Å². The molecule has 0 bridgehead atoms. The molecular weight excluding hydrogens is 134 g/mol. The van der Waals surface area contributed by atoms with E-state index < -0.39 is 0 Å². The van der Waals surface area contributed by atoms with Gasteiger partial charge in [0.15, 0.2) is 0 Å². The van der Waals surface area contributed by atoms with Crippen LogP contribution in [0.1, 0.15) is 13.3 Å². The van der Waals surface area contributed by atoms with E-state index in [1.54, 1.807) is 0 Å². The molecular formula is C10H15N. The lowest BCUT2D eigenvalue weighted by Gasteiger charge is -2.20. The molecule has 1 heteroatoms. The Kier molecular flexibility index (Phi) is 2.53. The third-order valence-corrected chi connectivity index (χ3v) is 2.03. The Hall–Kier alpha value is -0.980. The van der Waals surface area contributed by atoms with Gasteiger partial charge in [-0.05, 0) is 18.9 Å². The van der Waals surface area contributed by atoms with Crippen molar-refractivity contribution in [1.29, 1.82) is 0 Å². The van der Waals surface area contributed by atoms with Crippen molar-refractivity contribution in [1.82, 2.24) is 4.90 Å². The van der Waals surface area contributed by atoms with E-state index in [1.807, 2.05) is 6.08 Å². The summed E-state index contributed by atoms with van der Waals surface area (Å²) >= 11 is 0. The van der Waals surface area contributed by atoms with Gasteiger partial charge < -0.3 is 4.90 Å². The van der Waals surface area contributed by atoms with Crippen LogP contribution >= 0.6 is 0 Å². The molecule has 1 aliphatic heterocycles. The van der Waals surface area contributed by atoms with Crippen LogP contribution in [0.3, 0.4) is 0 Å². The van der Waals surface area contributed by atoms with E-state index in [9.17, 15) is 0 Å². The van der Waals surface area contributed by atoms with Crippen LogP contribution in [0.15, 0.2) is 36.6 Å². The van der Waals surface area contributed by atoms with Crippen molar-refractivity contribution < 1.29 is 0 Å². The Morgan fingerprint density at radius 2 is 2.55 bits per heavy atom. The molecule has 0 unspecified atom stereocenters. The second-order valence-corrected chi connectivity index (χ2v) is 2.69. The summed E-state index contributed by atoms with van der Waals surface area (Å²) in [4.78, 5) is 2.32. The van der Waals surface area contributed by atoms with E-state index in [-0.39, 0.29) is 0 Å². The third-order valence-electron chi connectivity index (χ3n) is 2.03. The minimum Gasteiger partial charge on any atom is -0.371 e. The molecule has 1 aliphatic rings. The molecule has 0 aromatic heterocycles. The van der Waals surface area contributed by atoms with Gasteiger partial charge in [-0.25, -0.2) is 0 Å². The number of hydrogen-bond acceptors (Lipinski definition) is 1. The first-order valence-electron chi connectivity index (χ1n) is 4.06. The maximum absolute atomic E-state index is 3.93. The lowest BCUT2D eigenvalue weighted by atomic mass is 10.2. The van der Waals surface area contributed by atoms with E-state index >= 15 is 0 Å². The van der Waals surface area contributed by atoms with Gasteiger partial charge in [0.1, 0.15) is 0 Å². The average molecular weight is 149 g/mol. The fourth-order valence-electron chi connectivity index (χ4n) is 1.37. The molecule has 0 saturated heterocycles. The van der Waals surface area contributed by atoms with Gasteiger partial charge in [-0.15, -0.1) is 0 Å². The highest BCUT2D eigenvalue weighted by Gasteiger charge is 2.13. The van der Waals surface area contributed by atoms with Crippen LogP contribution in [-0.2, 0) is 0 Å². The zero-order chi connectivity index (χ0) is 8.27. The zero-order valence-corrected chi connectivity index (χ0v) is 7.14. The molecule has 0 radical (unpaired) electrons. The fourth-order valence-corrected chi connectivity index (χ4v) is 1.37. The Bertz CT molecular complexity index is 201. The quantitative estimate of drug-likeness (QED) is 0.557. The predicted molar refractivity (Wildman–Crippen MR) is 49.3 cm³/mol. The van der Waals surface area contributed by atoms with Crippen LogP contribution in [0.5, 0.6) is 0 Å². The fraction of sp³-hybridized carbons (Fsp3) is 0.400. The molecule has 0 atom stereocenters. The van der Waals surface area contributed by atoms with Crippen LogP contribution in [0.25, 0.3) is 0 Å². The average Bonchev–Trinajstić information content (AvgIpc) is 2.50. The Balaban J connectivity index is 2.70. The van der Waals surface area contributed by atoms with Crippen LogP contribution in [0.4, 0.5) is 0 Å². The number of likely N-dealkylation sites (N-methyl/N-ethyl adjacent to an activating group) is 1. The first kappa shape index (κ1) is 8.12. The summed E-state index contributed by atoms with van der Waals surface area (Å²) in [5, 5.41) is 0. The third kappa shape index (κ3) is 1.53. The first-order chi connectivity index (χ1) is 5.29. The Morgan fingerprint density at radius 3 is 3.09 bits per heavy atom. The summed E-state index contributed by atoms with van der Waals surface area (Å²) < 4.78 is 0. The highest BCUT2D eigenvalue weighted by atomic mass is 15.1. The molecule has 1 nitrogen and oxygen atoms in total. The Labute approximate surface area is 68.7 Å². The molecule has 1 heterocycles. The van der Waals surface area contributed by atoms with Gasteiger partial charge in [-0.3, -0.25) is 0 Å². The molecule has 0 amide bonds. The monoisotopic (exact) mass is 149 g/mol. The van der Waals surface area contributed by atoms with E-state index in [4.69, 9.17) is 0 Å². The lowest BCUT2D eigenvalue weighted by Crippen LogP contribution is -2.19. The standard InChI is InChI=1S/C10H15N/c1-4-9(3)10-7-6-8-11(10)5-2/h4,7H,1,3,5-6,8H2,2H3. The van der Waals surface area contributed by atoms with E-state index in [1.165, 1.54) is 5.70 Å². The maximum Gasteiger partial charge on any atom is 0.0393 e. The molecule has 11 heavy (non-hydrogen) atoms.